The number of hydrogen-bond acceptors (Lipinski definition) is 10. The number of benzene rings is 1. The van der Waals surface area contributed by atoms with E-state index in [0.29, 0.717) is 31.4 Å². The number of thiazole rings is 1. The fourth-order valence-corrected chi connectivity index (χ4v) is 10.1. The van der Waals surface area contributed by atoms with Crippen LogP contribution in [0.2, 0.25) is 0 Å². The number of ether oxygens (including phenoxy) is 1. The van der Waals surface area contributed by atoms with E-state index in [4.69, 9.17) is 11.2 Å². The first-order chi connectivity index (χ1) is 32.4. The topological polar surface area (TPSA) is 164 Å². The number of amides is 7. The van der Waals surface area contributed by atoms with Gasteiger partial charge in [-0.3, -0.25) is 33.6 Å². The first-order valence-corrected chi connectivity index (χ1v) is 25.1. The van der Waals surface area contributed by atoms with E-state index >= 15 is 0 Å². The maximum Gasteiger partial charge on any atom is 0.246 e. The Balaban J connectivity index is 1.86. The Morgan fingerprint density at radius 2 is 1.30 bits per heavy atom. The van der Waals surface area contributed by atoms with Crippen molar-refractivity contribution in [2.45, 2.75) is 143 Å². The SMILES string of the molecule is C#CCCCC[C@@H](C)C(=O)N(C)[C@@H](C)C(=O)N(C)[C@H](C(=O)N1CCC[C@H]1C(=O)N(C)[C@H](C(=O)N(C)[C@H](C(=O)N(C)[C@@H](Cc1ccc(OC)cc1)C(=O)N(C)Cc1nccs1)C(C)C)C(C)C)C(C)C. The van der Waals surface area contributed by atoms with E-state index in [-0.39, 0.29) is 49.1 Å². The molecule has 0 radical (unpaired) electrons. The largest absolute Gasteiger partial charge is 0.497 e. The molecule has 0 spiro atoms. The molecule has 0 N–H and O–H groups in total. The third-order valence-corrected chi connectivity index (χ3v) is 14.4. The zero-order chi connectivity index (χ0) is 52.0. The number of likely N-dealkylation sites (tertiary alicyclic amines) is 1. The van der Waals surface area contributed by atoms with Crippen molar-refractivity contribution in [2.75, 3.05) is 55.9 Å². The number of carbonyl (C=O) groups is 7. The minimum absolute atomic E-state index is 0.170. The molecule has 17 heteroatoms. The zero-order valence-corrected chi connectivity index (χ0v) is 44.7. The Labute approximate surface area is 416 Å². The summed E-state index contributed by atoms with van der Waals surface area (Å²) in [6, 6.07) is 1.67. The minimum atomic E-state index is -1.01. The molecule has 0 bridgehead atoms. The molecule has 0 saturated carbocycles. The van der Waals surface area contributed by atoms with Crippen molar-refractivity contribution in [2.24, 2.45) is 23.7 Å². The average molecular weight is 977 g/mol. The molecule has 16 nitrogen and oxygen atoms in total. The van der Waals surface area contributed by atoms with Gasteiger partial charge >= 0.3 is 0 Å². The summed E-state index contributed by atoms with van der Waals surface area (Å²) in [6.45, 7) is 15.0. The second-order valence-electron chi connectivity index (χ2n) is 19.7. The summed E-state index contributed by atoms with van der Waals surface area (Å²) in [7, 11) is 11.1. The normalized spacial score (nSPS) is 16.2. The zero-order valence-electron chi connectivity index (χ0n) is 43.9. The second-order valence-corrected chi connectivity index (χ2v) is 20.7. The van der Waals surface area contributed by atoms with Crippen LogP contribution in [0.5, 0.6) is 5.75 Å². The van der Waals surface area contributed by atoms with Gasteiger partial charge in [0.2, 0.25) is 41.4 Å². The number of carbonyl (C=O) groups excluding carboxylic acids is 7. The summed E-state index contributed by atoms with van der Waals surface area (Å²) < 4.78 is 5.34. The van der Waals surface area contributed by atoms with Crippen molar-refractivity contribution >= 4 is 52.7 Å². The molecule has 1 aromatic carbocycles. The van der Waals surface area contributed by atoms with Crippen LogP contribution in [-0.4, -0.2) is 173 Å². The molecule has 3 rings (SSSR count). The van der Waals surface area contributed by atoms with Gasteiger partial charge in [-0.1, -0.05) is 67.0 Å². The van der Waals surface area contributed by atoms with Crippen LogP contribution < -0.4 is 4.74 Å². The van der Waals surface area contributed by atoms with Crippen LogP contribution in [-0.2, 0) is 46.5 Å². The molecular weight excluding hydrogens is 897 g/mol. The molecule has 2 aromatic rings. The van der Waals surface area contributed by atoms with Crippen molar-refractivity contribution in [1.29, 1.82) is 0 Å². The summed E-state index contributed by atoms with van der Waals surface area (Å²) in [5.74, 6) is -0.748. The van der Waals surface area contributed by atoms with Crippen LogP contribution in [0.1, 0.15) is 104 Å². The molecular formula is C52H80N8O8S. The van der Waals surface area contributed by atoms with E-state index in [2.05, 4.69) is 10.9 Å². The first kappa shape index (κ1) is 57.8. The van der Waals surface area contributed by atoms with Crippen molar-refractivity contribution in [1.82, 2.24) is 39.3 Å². The van der Waals surface area contributed by atoms with Crippen molar-refractivity contribution in [3.8, 4) is 18.1 Å². The quantitative estimate of drug-likeness (QED) is 0.100. The molecule has 7 atom stereocenters. The summed E-state index contributed by atoms with van der Waals surface area (Å²) in [5.41, 5.74) is 0.807. The highest BCUT2D eigenvalue weighted by Gasteiger charge is 2.46. The van der Waals surface area contributed by atoms with Crippen LogP contribution >= 0.6 is 11.3 Å². The number of hydrogen-bond donors (Lipinski definition) is 0. The molecule has 0 unspecified atom stereocenters. The van der Waals surface area contributed by atoms with Crippen molar-refractivity contribution in [3.05, 3.63) is 46.4 Å². The Kier molecular flexibility index (Phi) is 22.2. The molecule has 1 aromatic heterocycles. The molecule has 0 aliphatic carbocycles. The summed E-state index contributed by atoms with van der Waals surface area (Å²) in [4.78, 5) is 115. The van der Waals surface area contributed by atoms with Gasteiger partial charge in [0.1, 0.15) is 47.0 Å². The Hall–Kier alpha value is -5.50. The van der Waals surface area contributed by atoms with Crippen LogP contribution in [0.25, 0.3) is 0 Å². The van der Waals surface area contributed by atoms with Gasteiger partial charge in [-0.05, 0) is 68.1 Å². The standard InChI is InChI=1S/C52H80N8O8S/c1-17-18-19-20-22-36(8)46(61)55(11)37(9)47(62)57(13)45(35(6)7)52(67)60-29-21-23-40(60)49(64)58(14)44(34(4)5)51(66)59(15)43(33(2)3)50(65)56(12)41(31-38-24-26-39(68-16)27-25-38)48(63)54(10)32-42-53-28-30-69-42/h1,24-28,30,33-37,40-41,43-45H,18-23,29,31-32H2,2-16H3/t36-,37+,40+,41+,43+,44+,45+/m1/s1. The predicted molar refractivity (Wildman–Crippen MR) is 269 cm³/mol. The lowest BCUT2D eigenvalue weighted by molar-refractivity contribution is -0.158. The van der Waals surface area contributed by atoms with E-state index in [0.717, 1.165) is 23.4 Å². The number of methoxy groups -OCH3 is 1. The van der Waals surface area contributed by atoms with Crippen LogP contribution in [0.4, 0.5) is 0 Å². The molecule has 69 heavy (non-hydrogen) atoms. The molecule has 2 heterocycles. The fraction of sp³-hybridized carbons (Fsp3) is 0.654. The highest BCUT2D eigenvalue weighted by Crippen LogP contribution is 2.28. The Bertz CT molecular complexity index is 2090. The van der Waals surface area contributed by atoms with Gasteiger partial charge in [0, 0.05) is 79.2 Å². The third kappa shape index (κ3) is 14.5. The average Bonchev–Trinajstić information content (AvgIpc) is 4.03. The van der Waals surface area contributed by atoms with Crippen molar-refractivity contribution in [3.63, 3.8) is 0 Å². The number of unbranched alkanes of at least 4 members (excludes halogenated alkanes) is 2. The molecule has 1 saturated heterocycles. The highest BCUT2D eigenvalue weighted by atomic mass is 32.1. The van der Waals surface area contributed by atoms with Gasteiger partial charge in [-0.25, -0.2) is 4.98 Å². The molecule has 1 fully saturated rings. The second kappa shape index (κ2) is 26.5. The maximum absolute atomic E-state index is 14.8. The summed E-state index contributed by atoms with van der Waals surface area (Å²) in [6.07, 6.45) is 11.0. The van der Waals surface area contributed by atoms with Crippen LogP contribution in [0.15, 0.2) is 35.8 Å². The van der Waals surface area contributed by atoms with Crippen LogP contribution in [0.3, 0.4) is 0 Å². The molecule has 1 aliphatic heterocycles. The third-order valence-electron chi connectivity index (χ3n) is 13.6. The lowest BCUT2D eigenvalue weighted by Gasteiger charge is -2.41. The van der Waals surface area contributed by atoms with Gasteiger partial charge in [0.25, 0.3) is 0 Å². The number of terminal acetylenes is 1. The van der Waals surface area contributed by atoms with Gasteiger partial charge < -0.3 is 39.0 Å². The van der Waals surface area contributed by atoms with E-state index in [1.807, 2.05) is 66.0 Å². The Morgan fingerprint density at radius 1 is 0.739 bits per heavy atom. The minimum Gasteiger partial charge on any atom is -0.497 e. The predicted octanol–water partition coefficient (Wildman–Crippen LogP) is 5.30. The highest BCUT2D eigenvalue weighted by molar-refractivity contribution is 7.09. The Morgan fingerprint density at radius 3 is 1.84 bits per heavy atom. The number of nitrogens with zero attached hydrogens (tertiary/aromatic N) is 8. The number of aromatic nitrogens is 1. The van der Waals surface area contributed by atoms with E-state index in [1.54, 1.807) is 79.5 Å². The number of rotatable bonds is 24. The fourth-order valence-electron chi connectivity index (χ4n) is 9.41. The smallest absolute Gasteiger partial charge is 0.246 e. The van der Waals surface area contributed by atoms with Gasteiger partial charge in [0.15, 0.2) is 0 Å². The van der Waals surface area contributed by atoms with Gasteiger partial charge in [0.05, 0.1) is 13.7 Å². The van der Waals surface area contributed by atoms with Crippen LogP contribution in [0, 0.1) is 36.0 Å². The monoisotopic (exact) mass is 977 g/mol. The van der Waals surface area contributed by atoms with Gasteiger partial charge in [-0.15, -0.1) is 23.7 Å². The van der Waals surface area contributed by atoms with Crippen molar-refractivity contribution < 1.29 is 38.3 Å². The van der Waals surface area contributed by atoms with E-state index < -0.39 is 71.7 Å². The van der Waals surface area contributed by atoms with E-state index in [1.165, 1.54) is 40.7 Å². The lowest BCUT2D eigenvalue weighted by atomic mass is 9.95. The van der Waals surface area contributed by atoms with Gasteiger partial charge in [-0.2, -0.15) is 0 Å². The summed E-state index contributed by atoms with van der Waals surface area (Å²) in [5, 5.41) is 2.58. The maximum atomic E-state index is 14.8. The molecule has 7 amide bonds. The van der Waals surface area contributed by atoms with E-state index in [9.17, 15) is 33.6 Å². The summed E-state index contributed by atoms with van der Waals surface area (Å²) >= 11 is 1.43. The lowest BCUT2D eigenvalue weighted by Crippen LogP contribution is -2.62. The first-order valence-electron chi connectivity index (χ1n) is 24.3. The molecule has 382 valence electrons. The molecule has 1 aliphatic rings. The number of likely N-dealkylation sites (N-methyl/N-ethyl adjacent to an activating group) is 6.